The maximum atomic E-state index is 13.9. The fourth-order valence-electron chi connectivity index (χ4n) is 12.3. The molecule has 3 saturated heterocycles. The van der Waals surface area contributed by atoms with E-state index >= 15 is 0 Å². The fraction of sp³-hybridized carbons (Fsp3) is 0.774. The molecule has 1 aromatic rings. The molecule has 4 saturated carbocycles. The van der Waals surface area contributed by atoms with Gasteiger partial charge >= 0.3 is 11.9 Å². The first kappa shape index (κ1) is 28.1. The van der Waals surface area contributed by atoms with E-state index in [0.29, 0.717) is 12.0 Å². The second kappa shape index (κ2) is 7.54. The highest BCUT2D eigenvalue weighted by molar-refractivity contribution is 5.99. The third-order valence-electron chi connectivity index (χ3n) is 13.5. The van der Waals surface area contributed by atoms with Crippen molar-refractivity contribution < 1.29 is 57.8 Å². The number of hydrogen-bond donors (Lipinski definition) is 3. The van der Waals surface area contributed by atoms with Crippen LogP contribution in [0.15, 0.2) is 23.0 Å². The van der Waals surface area contributed by atoms with Gasteiger partial charge in [-0.05, 0) is 38.2 Å². The van der Waals surface area contributed by atoms with Gasteiger partial charge in [0.2, 0.25) is 0 Å². The van der Waals surface area contributed by atoms with Crippen LogP contribution in [-0.4, -0.2) is 80.7 Å². The van der Waals surface area contributed by atoms with Crippen molar-refractivity contribution in [1.29, 1.82) is 0 Å². The minimum atomic E-state index is -2.31. The van der Waals surface area contributed by atoms with Crippen LogP contribution in [0.25, 0.3) is 0 Å². The summed E-state index contributed by atoms with van der Waals surface area (Å²) in [5, 5.41) is 37.7. The lowest BCUT2D eigenvalue weighted by Crippen LogP contribution is -2.93. The van der Waals surface area contributed by atoms with Gasteiger partial charge in [0.1, 0.15) is 46.3 Å². The molecule has 4 bridgehead atoms. The summed E-state index contributed by atoms with van der Waals surface area (Å²) >= 11 is 0. The van der Waals surface area contributed by atoms with E-state index in [4.69, 9.17) is 28.1 Å². The van der Waals surface area contributed by atoms with Gasteiger partial charge in [0.25, 0.3) is 5.97 Å². The molecule has 8 rings (SSSR count). The zero-order valence-electron chi connectivity index (χ0n) is 25.0. The van der Waals surface area contributed by atoms with Gasteiger partial charge in [-0.1, -0.05) is 20.8 Å². The Kier molecular flexibility index (Phi) is 4.93. The summed E-state index contributed by atoms with van der Waals surface area (Å²) in [5.41, 5.74) is -10.1. The number of aliphatic hydroxyl groups is 3. The van der Waals surface area contributed by atoms with Gasteiger partial charge in [0, 0.05) is 41.1 Å². The molecule has 234 valence electrons. The predicted molar refractivity (Wildman–Crippen MR) is 140 cm³/mol. The van der Waals surface area contributed by atoms with Crippen molar-refractivity contribution >= 4 is 17.7 Å². The van der Waals surface area contributed by atoms with Gasteiger partial charge in [-0.15, -0.1) is 0 Å². The Morgan fingerprint density at radius 2 is 1.72 bits per heavy atom. The Labute approximate surface area is 247 Å². The third kappa shape index (κ3) is 2.44. The van der Waals surface area contributed by atoms with E-state index in [2.05, 4.69) is 0 Å². The zero-order chi connectivity index (χ0) is 31.0. The molecule has 7 fully saturated rings. The summed E-state index contributed by atoms with van der Waals surface area (Å²) < 4.78 is 36.9. The summed E-state index contributed by atoms with van der Waals surface area (Å²) in [6.45, 7) is 8.41. The highest BCUT2D eigenvalue weighted by Gasteiger charge is 3.03. The lowest BCUT2D eigenvalue weighted by molar-refractivity contribution is -0.478. The first-order chi connectivity index (χ1) is 20.0. The van der Waals surface area contributed by atoms with Gasteiger partial charge in [0.05, 0.1) is 25.7 Å². The van der Waals surface area contributed by atoms with E-state index in [0.717, 1.165) is 0 Å². The van der Waals surface area contributed by atoms with Gasteiger partial charge in [-0.25, -0.2) is 0 Å². The highest BCUT2D eigenvalue weighted by atomic mass is 16.9. The number of fused-ring (bicyclic) bond motifs is 3. The minimum Gasteiger partial charge on any atom is -0.472 e. The minimum absolute atomic E-state index is 0.116. The molecule has 0 amide bonds. The lowest BCUT2D eigenvalue weighted by Gasteiger charge is -2.77. The molecule has 0 aromatic carbocycles. The van der Waals surface area contributed by atoms with Gasteiger partial charge < -0.3 is 43.4 Å². The number of cyclic esters (lactones) is 1. The molecule has 0 radical (unpaired) electrons. The topological polar surface area (TPSA) is 171 Å². The Morgan fingerprint density at radius 1 is 1.02 bits per heavy atom. The fourth-order valence-corrected chi connectivity index (χ4v) is 12.3. The molecule has 3 N–H and O–H groups in total. The number of furan rings is 1. The largest absolute Gasteiger partial charge is 0.472 e. The predicted octanol–water partition coefficient (Wildman–Crippen LogP) is 1.54. The number of esters is 2. The molecule has 7 aliphatic rings. The molecule has 4 heterocycles. The summed E-state index contributed by atoms with van der Waals surface area (Å²) in [5.74, 6) is -6.74. The average molecular weight is 603 g/mol. The molecule has 12 heteroatoms. The van der Waals surface area contributed by atoms with Crippen molar-refractivity contribution in [3.05, 3.63) is 24.2 Å². The van der Waals surface area contributed by atoms with Crippen molar-refractivity contribution in [2.75, 3.05) is 7.11 Å². The van der Waals surface area contributed by atoms with E-state index in [1.54, 1.807) is 19.9 Å². The number of ether oxygens (including phenoxy) is 5. The van der Waals surface area contributed by atoms with Crippen LogP contribution in [0.2, 0.25) is 0 Å². The van der Waals surface area contributed by atoms with E-state index in [9.17, 15) is 29.7 Å². The second-order valence-corrected chi connectivity index (χ2v) is 14.9. The zero-order valence-corrected chi connectivity index (χ0v) is 25.0. The monoisotopic (exact) mass is 602 g/mol. The van der Waals surface area contributed by atoms with Crippen molar-refractivity contribution in [2.24, 2.45) is 34.0 Å². The smallest absolute Gasteiger partial charge is 0.317 e. The molecule has 1 aromatic heterocycles. The van der Waals surface area contributed by atoms with Crippen LogP contribution < -0.4 is 0 Å². The Morgan fingerprint density at radius 3 is 2.35 bits per heavy atom. The summed E-state index contributed by atoms with van der Waals surface area (Å²) in [6.07, 6.45) is -0.719. The van der Waals surface area contributed by atoms with Crippen LogP contribution >= 0.6 is 0 Å². The van der Waals surface area contributed by atoms with Gasteiger partial charge in [0.15, 0.2) is 0 Å². The standard InChI is InChI=1S/C31H38O12/c1-14(32)18-19-24(2,20(40-21(18)34)15-7-10-39-12-15)8-9-28-26(4)16(11-17(33)38-6)25(3)13-29(26)30(37,22(25)35)23(36)31(19,28)43-27(5,41-28)42-29/h7,10,12,16,18-20,22-23,35-37H,8-9,11,13H2,1-6H3/t16-,18?,19?,20?,22-,23?,24+,25-,26+,27?,28-,29-,30+,31+/m0/s1. The number of ketones is 1. The third-order valence-corrected chi connectivity index (χ3v) is 13.5. The summed E-state index contributed by atoms with van der Waals surface area (Å²) in [7, 11) is 1.29. The van der Waals surface area contributed by atoms with Crippen LogP contribution in [0, 0.1) is 34.0 Å². The van der Waals surface area contributed by atoms with Gasteiger partial charge in [-0.3, -0.25) is 14.4 Å². The Hall–Kier alpha value is -2.35. The summed E-state index contributed by atoms with van der Waals surface area (Å²) in [6, 6.07) is 1.69. The van der Waals surface area contributed by atoms with Crippen LogP contribution in [0.1, 0.15) is 72.0 Å². The first-order valence-electron chi connectivity index (χ1n) is 15.0. The second-order valence-electron chi connectivity index (χ2n) is 14.9. The Balaban J connectivity index is 1.45. The molecular formula is C31H38O12. The molecule has 5 unspecified atom stereocenters. The van der Waals surface area contributed by atoms with Crippen molar-refractivity contribution in [3.8, 4) is 0 Å². The van der Waals surface area contributed by atoms with Crippen LogP contribution in [0.3, 0.4) is 0 Å². The maximum absolute atomic E-state index is 13.9. The molecule has 43 heavy (non-hydrogen) atoms. The molecular weight excluding hydrogens is 564 g/mol. The van der Waals surface area contributed by atoms with Crippen molar-refractivity contribution in [1.82, 2.24) is 0 Å². The number of carbonyl (C=O) groups excluding carboxylic acids is 3. The van der Waals surface area contributed by atoms with E-state index < -0.39 is 98.4 Å². The van der Waals surface area contributed by atoms with Crippen LogP contribution in [-0.2, 0) is 38.1 Å². The van der Waals surface area contributed by atoms with Crippen LogP contribution in [0.4, 0.5) is 0 Å². The van der Waals surface area contributed by atoms with Crippen molar-refractivity contribution in [3.63, 3.8) is 0 Å². The number of methoxy groups -OCH3 is 1. The molecule has 4 aliphatic carbocycles. The first-order valence-corrected chi connectivity index (χ1v) is 15.0. The highest BCUT2D eigenvalue weighted by Crippen LogP contribution is 2.89. The van der Waals surface area contributed by atoms with E-state index in [1.807, 2.05) is 13.8 Å². The quantitative estimate of drug-likeness (QED) is 0.336. The number of hydrogen-bond acceptors (Lipinski definition) is 12. The SMILES string of the molecule is COC(=O)C[C@H]1[C@]2(C)C[C@]34OC5(C)O[C@]6(C7C(C(C)=O)C(=O)OC(c8ccoc8)[C@]7(C)CC[C@]6(O5)[C@@]13C)C(O)[C@]4(O)[C@H]2O. The molecule has 3 aliphatic heterocycles. The number of aliphatic hydroxyl groups excluding tert-OH is 2. The van der Waals surface area contributed by atoms with Crippen molar-refractivity contribution in [2.45, 2.75) is 107 Å². The number of Topliss-reactive ketones (excluding diaryl/α,β-unsaturated/α-hetero) is 1. The van der Waals surface area contributed by atoms with E-state index in [-0.39, 0.29) is 19.3 Å². The normalized spacial score (nSPS) is 58.6. The van der Waals surface area contributed by atoms with Crippen LogP contribution in [0.5, 0.6) is 0 Å². The van der Waals surface area contributed by atoms with E-state index in [1.165, 1.54) is 26.6 Å². The lowest BCUT2D eigenvalue weighted by atomic mass is 9.32. The molecule has 2 spiro atoms. The number of carbonyl (C=O) groups is 3. The Bertz CT molecular complexity index is 1480. The maximum Gasteiger partial charge on any atom is 0.317 e. The summed E-state index contributed by atoms with van der Waals surface area (Å²) in [4.78, 5) is 40.3. The van der Waals surface area contributed by atoms with Gasteiger partial charge in [-0.2, -0.15) is 0 Å². The molecule has 12 nitrogen and oxygen atoms in total. The average Bonchev–Trinajstić information content (AvgIpc) is 3.63. The number of rotatable bonds is 4. The molecule has 14 atom stereocenters.